The number of hydrogen-bond acceptors (Lipinski definition) is 14. The van der Waals surface area contributed by atoms with Gasteiger partial charge >= 0.3 is 66.9 Å². The predicted octanol–water partition coefficient (Wildman–Crippen LogP) is -9.17. The maximum atomic E-state index is 11.7. The van der Waals surface area contributed by atoms with Crippen molar-refractivity contribution < 1.29 is 120 Å². The van der Waals surface area contributed by atoms with Gasteiger partial charge in [0.05, 0.1) is 19.3 Å². The Morgan fingerprint density at radius 1 is 1.09 bits per heavy atom. The van der Waals surface area contributed by atoms with Crippen molar-refractivity contribution in [3.63, 3.8) is 0 Å². The van der Waals surface area contributed by atoms with Crippen LogP contribution < -0.4 is 74.5 Å². The number of rotatable bonds is 8. The molecule has 1 saturated heterocycles. The van der Waals surface area contributed by atoms with E-state index in [1.165, 1.54) is 0 Å². The van der Waals surface area contributed by atoms with Gasteiger partial charge in [0.25, 0.3) is 21.2 Å². The van der Waals surface area contributed by atoms with Crippen LogP contribution in [-0.4, -0.2) is 64.4 Å². The van der Waals surface area contributed by atoms with E-state index in [1.54, 1.807) is 0 Å². The second-order valence-electron chi connectivity index (χ2n) is 5.95. The molecule has 0 aliphatic carbocycles. The molecule has 0 spiro atoms. The molecular weight excluding hydrogens is 539 g/mol. The minimum atomic E-state index is -6.03. The number of H-pyrrole nitrogens is 1. The van der Waals surface area contributed by atoms with Gasteiger partial charge in [0.1, 0.15) is 18.3 Å². The first-order valence-corrected chi connectivity index (χ1v) is 12.3. The molecule has 6 atom stereocenters. The Hall–Kier alpha value is 0.640. The molecule has 6 unspecified atom stereocenters. The number of hydrogen-bond donors (Lipinski definition) is 5. The normalized spacial score (nSPS) is 26.7. The number of fused-ring (bicyclic) bond motifs is 1. The summed E-state index contributed by atoms with van der Waals surface area (Å²) in [5.41, 5.74) is -0.733. The van der Waals surface area contributed by atoms with Crippen molar-refractivity contribution in [2.24, 2.45) is 0 Å². The maximum absolute atomic E-state index is 11.7. The smallest absolute Gasteiger partial charge is 0.756 e. The third-order valence-electron chi connectivity index (χ3n) is 3.78. The molecule has 3 heterocycles. The number of aromatic amines is 1. The summed E-state index contributed by atoms with van der Waals surface area (Å²) in [6, 6.07) is 0. The van der Waals surface area contributed by atoms with E-state index in [4.69, 9.17) is 14.5 Å². The molecule has 2 aromatic rings. The van der Waals surface area contributed by atoms with Gasteiger partial charge in [-0.2, -0.15) is 0 Å². The van der Waals surface area contributed by atoms with E-state index in [1.807, 2.05) is 0 Å². The number of nitrogens with zero attached hydrogens (tertiary/aromatic N) is 3. The number of phosphoric ester groups is 1. The van der Waals surface area contributed by atoms with Gasteiger partial charge in [-0.3, -0.25) is 18.5 Å². The summed E-state index contributed by atoms with van der Waals surface area (Å²) < 4.78 is 50.7. The van der Waals surface area contributed by atoms with E-state index >= 15 is 0 Å². The molecule has 0 bridgehead atoms. The number of nitrogens with one attached hydrogen (secondary N) is 1. The third kappa shape index (κ3) is 8.06. The van der Waals surface area contributed by atoms with Crippen molar-refractivity contribution in [2.75, 3.05) is 6.61 Å². The van der Waals surface area contributed by atoms with Crippen LogP contribution in [0.15, 0.2) is 17.4 Å². The summed E-state index contributed by atoms with van der Waals surface area (Å²) in [7, 11) is -17.4. The van der Waals surface area contributed by atoms with Gasteiger partial charge in [-0.25, -0.2) is 23.2 Å². The van der Waals surface area contributed by atoms with Crippen LogP contribution in [0.2, 0.25) is 0 Å². The van der Waals surface area contributed by atoms with Crippen molar-refractivity contribution in [2.45, 2.75) is 24.5 Å². The zero-order valence-electron chi connectivity index (χ0n) is 16.7. The number of phosphoric acid groups is 3. The van der Waals surface area contributed by atoms with E-state index in [0.29, 0.717) is 0 Å². The first-order valence-electron chi connectivity index (χ1n) is 7.86. The predicted molar refractivity (Wildman–Crippen MR) is 89.5 cm³/mol. The molecule has 1 fully saturated rings. The summed E-state index contributed by atoms with van der Waals surface area (Å²) in [4.78, 5) is 61.3. The Labute approximate surface area is 227 Å². The van der Waals surface area contributed by atoms with E-state index in [0.717, 1.165) is 17.2 Å². The minimum Gasteiger partial charge on any atom is -0.756 e. The topological polar surface area (TPSA) is 279 Å². The van der Waals surface area contributed by atoms with E-state index < -0.39 is 60.2 Å². The maximum Gasteiger partial charge on any atom is 1.00 e. The second kappa shape index (κ2) is 11.8. The molecule has 0 amide bonds. The Balaban J connectivity index is 0.00000272. The molecule has 0 aromatic carbocycles. The van der Waals surface area contributed by atoms with Crippen LogP contribution in [0, 0.1) is 0 Å². The monoisotopic (exact) mass is 552 g/mol. The van der Waals surface area contributed by atoms with Crippen LogP contribution >= 0.6 is 23.5 Å². The number of aromatic nitrogens is 4. The Bertz CT molecular complexity index is 1170. The number of imidazole rings is 1. The van der Waals surface area contributed by atoms with Gasteiger partial charge < -0.3 is 44.0 Å². The molecule has 23 heteroatoms. The van der Waals surface area contributed by atoms with Gasteiger partial charge in [-0.1, -0.05) is 0 Å². The quantitative estimate of drug-likeness (QED) is 0.150. The molecule has 2 aromatic heterocycles. The van der Waals surface area contributed by atoms with Gasteiger partial charge in [0.2, 0.25) is 0 Å². The van der Waals surface area contributed by atoms with Crippen molar-refractivity contribution in [1.82, 2.24) is 19.5 Å². The number of aliphatic hydroxyl groups is 2. The van der Waals surface area contributed by atoms with Gasteiger partial charge in [0, 0.05) is 0 Å². The summed E-state index contributed by atoms with van der Waals surface area (Å²) in [6.07, 6.45) is -4.26. The molecule has 1 aliphatic heterocycles. The van der Waals surface area contributed by atoms with Crippen LogP contribution in [0.3, 0.4) is 0 Å². The molecule has 174 valence electrons. The van der Waals surface area contributed by atoms with E-state index in [9.17, 15) is 38.5 Å². The second-order valence-corrected chi connectivity index (χ2v) is 10.3. The fourth-order valence-corrected chi connectivity index (χ4v) is 5.53. The van der Waals surface area contributed by atoms with E-state index in [-0.39, 0.29) is 70.3 Å². The van der Waals surface area contributed by atoms with Crippen molar-refractivity contribution in [3.8, 4) is 0 Å². The first kappa shape index (κ1) is 31.7. The molecule has 33 heavy (non-hydrogen) atoms. The molecule has 5 N–H and O–H groups in total. The largest absolute Gasteiger partial charge is 1.00 e. The van der Waals surface area contributed by atoms with Crippen LogP contribution in [0.5, 0.6) is 0 Å². The SMILES string of the molecule is O=c1[nH]cnc2c1ncn2C1OC(COP(=O)([O-])OP(=O)([O-])OP(=O)(O)O)C(O)C1O.[Na+].[Na+]. The Kier molecular flexibility index (Phi) is 11.3. The summed E-state index contributed by atoms with van der Waals surface area (Å²) in [6.45, 7) is -1.08. The Morgan fingerprint density at radius 2 is 1.73 bits per heavy atom. The molecular formula is C10H13N4Na2O14P3. The van der Waals surface area contributed by atoms with Crippen LogP contribution in [0.25, 0.3) is 11.2 Å². The zero-order valence-corrected chi connectivity index (χ0v) is 23.4. The van der Waals surface area contributed by atoms with Crippen LogP contribution in [0.1, 0.15) is 6.23 Å². The standard InChI is InChI=1S/C10H15N4O14P3.2Na/c15-6-4(1-25-30(21,22)28-31(23,24)27-29(18,19)20)26-10(7(6)16)14-3-13-5-8(14)11-2-12-9(5)17;;/h2-4,6-7,10,15-16H,1H2,(H,21,22)(H,23,24)(H,11,12,17)(H2,18,19,20);;/q;2*+1/p-2. The van der Waals surface area contributed by atoms with Gasteiger partial charge in [-0.15, -0.1) is 0 Å². The van der Waals surface area contributed by atoms with Gasteiger partial charge in [0.15, 0.2) is 17.4 Å². The first-order chi connectivity index (χ1) is 14.2. The minimum absolute atomic E-state index is 0. The molecule has 3 rings (SSSR count). The van der Waals surface area contributed by atoms with Crippen LogP contribution in [0.4, 0.5) is 0 Å². The number of aliphatic hydroxyl groups excluding tert-OH is 2. The molecule has 0 radical (unpaired) electrons. The van der Waals surface area contributed by atoms with E-state index in [2.05, 4.69) is 28.1 Å². The fourth-order valence-electron chi connectivity index (χ4n) is 2.60. The Morgan fingerprint density at radius 3 is 2.33 bits per heavy atom. The zero-order chi connectivity index (χ0) is 23.2. The summed E-state index contributed by atoms with van der Waals surface area (Å²) in [5, 5.41) is 20.3. The molecule has 1 aliphatic rings. The average Bonchev–Trinajstić information content (AvgIpc) is 3.13. The van der Waals surface area contributed by atoms with Crippen molar-refractivity contribution in [3.05, 3.63) is 23.0 Å². The van der Waals surface area contributed by atoms with Gasteiger partial charge in [-0.05, 0) is 0 Å². The van der Waals surface area contributed by atoms with Crippen LogP contribution in [-0.2, 0) is 31.6 Å². The summed E-state index contributed by atoms with van der Waals surface area (Å²) in [5.74, 6) is 0. The molecule has 0 saturated carbocycles. The third-order valence-corrected chi connectivity index (χ3v) is 7.50. The average molecular weight is 552 g/mol. The molecule has 18 nitrogen and oxygen atoms in total. The number of ether oxygens (including phenoxy) is 1. The fraction of sp³-hybridized carbons (Fsp3) is 0.500. The van der Waals surface area contributed by atoms with Crippen molar-refractivity contribution >= 4 is 34.6 Å². The van der Waals surface area contributed by atoms with Crippen molar-refractivity contribution in [1.29, 1.82) is 0 Å². The summed E-state index contributed by atoms with van der Waals surface area (Å²) >= 11 is 0.